The summed E-state index contributed by atoms with van der Waals surface area (Å²) in [6.45, 7) is 2.16. The minimum atomic E-state index is 1.18. The average Bonchev–Trinajstić information content (AvgIpc) is 2.84. The van der Waals surface area contributed by atoms with Crippen LogP contribution in [0.2, 0.25) is 0 Å². The van der Waals surface area contributed by atoms with Gasteiger partial charge in [0.05, 0.1) is 0 Å². The molecule has 0 saturated heterocycles. The number of hydrogen-bond donors (Lipinski definition) is 0. The molecule has 0 heterocycles. The molecule has 0 nitrogen and oxygen atoms in total. The van der Waals surface area contributed by atoms with Gasteiger partial charge in [-0.05, 0) is 64.3 Å². The Morgan fingerprint density at radius 3 is 2.81 bits per heavy atom. The topological polar surface area (TPSA) is 0 Å². The molecule has 0 aliphatic heterocycles. The molecule has 0 radical (unpaired) electrons. The number of aryl methyl sites for hydroxylation is 1. The van der Waals surface area contributed by atoms with E-state index in [0.717, 1.165) is 0 Å². The van der Waals surface area contributed by atoms with Crippen LogP contribution in [0.3, 0.4) is 0 Å². The molecule has 0 heteroatoms. The fraction of sp³-hybridized carbons (Fsp3) is 0.0476. The first-order valence-electron chi connectivity index (χ1n) is 7.14. The lowest BCUT2D eigenvalue weighted by Crippen LogP contribution is -2.29. The van der Waals surface area contributed by atoms with Crippen LogP contribution in [0.25, 0.3) is 35.1 Å². The van der Waals surface area contributed by atoms with E-state index in [2.05, 4.69) is 73.0 Å². The molecule has 0 amide bonds. The van der Waals surface area contributed by atoms with Crippen molar-refractivity contribution in [3.05, 3.63) is 81.4 Å². The van der Waals surface area contributed by atoms with Gasteiger partial charge in [0, 0.05) is 5.22 Å². The minimum absolute atomic E-state index is 1.18. The monoisotopic (exact) mass is 266 g/mol. The molecule has 0 saturated carbocycles. The van der Waals surface area contributed by atoms with Crippen molar-refractivity contribution >= 4 is 24.0 Å². The summed E-state index contributed by atoms with van der Waals surface area (Å²) in [7, 11) is 0. The zero-order valence-electron chi connectivity index (χ0n) is 11.9. The molecule has 4 rings (SSSR count). The van der Waals surface area contributed by atoms with Gasteiger partial charge in [0.2, 0.25) is 0 Å². The molecule has 0 unspecified atom stereocenters. The van der Waals surface area contributed by atoms with Gasteiger partial charge in [-0.25, -0.2) is 0 Å². The van der Waals surface area contributed by atoms with Crippen molar-refractivity contribution in [2.75, 3.05) is 0 Å². The lowest BCUT2D eigenvalue weighted by molar-refractivity contribution is 1.36. The largest absolute Gasteiger partial charge is 0.120 e. The van der Waals surface area contributed by atoms with Crippen molar-refractivity contribution in [1.82, 2.24) is 0 Å². The fourth-order valence-corrected chi connectivity index (χ4v) is 3.02. The highest BCUT2D eigenvalue weighted by Gasteiger charge is 2.12. The maximum atomic E-state index is 3.39. The van der Waals surface area contributed by atoms with E-state index in [-0.39, 0.29) is 0 Å². The number of benzene rings is 2. The summed E-state index contributed by atoms with van der Waals surface area (Å²) in [5.74, 6) is 0. The quantitative estimate of drug-likeness (QED) is 0.546. The normalized spacial score (nSPS) is 13.4. The van der Waals surface area contributed by atoms with E-state index in [0.29, 0.717) is 0 Å². The van der Waals surface area contributed by atoms with Crippen molar-refractivity contribution in [2.45, 2.75) is 6.92 Å². The van der Waals surface area contributed by atoms with Gasteiger partial charge in [-0.2, -0.15) is 0 Å². The van der Waals surface area contributed by atoms with Crippen molar-refractivity contribution in [3.8, 4) is 11.1 Å². The second kappa shape index (κ2) is 4.65. The van der Waals surface area contributed by atoms with Gasteiger partial charge >= 0.3 is 0 Å². The van der Waals surface area contributed by atoms with Crippen LogP contribution in [0.1, 0.15) is 16.7 Å². The molecule has 0 atom stereocenters. The first-order chi connectivity index (χ1) is 10.3. The Labute approximate surface area is 124 Å². The maximum Gasteiger partial charge on any atom is 0.0272 e. The summed E-state index contributed by atoms with van der Waals surface area (Å²) in [4.78, 5) is 0. The molecule has 0 bridgehead atoms. The Balaban J connectivity index is 2.25. The molecule has 98 valence electrons. The molecule has 0 spiro atoms. The van der Waals surface area contributed by atoms with Crippen LogP contribution < -0.4 is 10.4 Å². The third-order valence-electron chi connectivity index (χ3n) is 4.02. The summed E-state index contributed by atoms with van der Waals surface area (Å²) in [6, 6.07) is 10.8. The van der Waals surface area contributed by atoms with Crippen LogP contribution in [0.15, 0.2) is 54.3 Å². The van der Waals surface area contributed by atoms with Gasteiger partial charge in [0.25, 0.3) is 0 Å². The smallest absolute Gasteiger partial charge is 0.0272 e. The van der Waals surface area contributed by atoms with Gasteiger partial charge in [0.15, 0.2) is 0 Å². The van der Waals surface area contributed by atoms with Crippen molar-refractivity contribution in [3.63, 3.8) is 0 Å². The summed E-state index contributed by atoms with van der Waals surface area (Å²) in [5.41, 5.74) is 12.9. The van der Waals surface area contributed by atoms with Crippen LogP contribution in [-0.2, 0) is 0 Å². The highest BCUT2D eigenvalue weighted by molar-refractivity contribution is 5.86. The molecule has 0 fully saturated rings. The van der Waals surface area contributed by atoms with Crippen LogP contribution in [0.5, 0.6) is 0 Å². The molecule has 21 heavy (non-hydrogen) atoms. The van der Waals surface area contributed by atoms with E-state index >= 15 is 0 Å². The van der Waals surface area contributed by atoms with Crippen LogP contribution >= 0.6 is 0 Å². The second-order valence-corrected chi connectivity index (χ2v) is 5.35. The fourth-order valence-electron chi connectivity index (χ4n) is 3.02. The first kappa shape index (κ1) is 12.0. The van der Waals surface area contributed by atoms with Gasteiger partial charge in [-0.3, -0.25) is 0 Å². The predicted molar refractivity (Wildman–Crippen MR) is 89.9 cm³/mol. The van der Waals surface area contributed by atoms with E-state index < -0.39 is 0 Å². The lowest BCUT2D eigenvalue weighted by atomic mass is 9.92. The number of rotatable bonds is 0. The van der Waals surface area contributed by atoms with Crippen molar-refractivity contribution in [2.24, 2.45) is 0 Å². The summed E-state index contributed by atoms with van der Waals surface area (Å²) in [5, 5.41) is 2.41. The molecular formula is C21H14. The highest BCUT2D eigenvalue weighted by Crippen LogP contribution is 2.29. The Kier molecular flexibility index (Phi) is 2.66. The Hall–Kier alpha value is -2.78. The number of fused-ring (bicyclic) bond motifs is 5. The summed E-state index contributed by atoms with van der Waals surface area (Å²) in [6.07, 6.45) is 12.4. The molecular weight excluding hydrogens is 252 g/mol. The van der Waals surface area contributed by atoms with E-state index in [1.165, 1.54) is 38.3 Å². The third kappa shape index (κ3) is 1.87. The Bertz CT molecular complexity index is 1000. The Morgan fingerprint density at radius 2 is 1.86 bits per heavy atom. The Morgan fingerprint density at radius 1 is 0.952 bits per heavy atom. The second-order valence-electron chi connectivity index (χ2n) is 5.35. The first-order valence-corrected chi connectivity index (χ1v) is 7.14. The van der Waals surface area contributed by atoms with E-state index in [1.54, 1.807) is 0 Å². The van der Waals surface area contributed by atoms with Crippen LogP contribution in [0, 0.1) is 6.92 Å². The molecule has 0 N–H and O–H groups in total. The van der Waals surface area contributed by atoms with Gasteiger partial charge < -0.3 is 0 Å². The van der Waals surface area contributed by atoms with E-state index in [4.69, 9.17) is 0 Å². The average molecular weight is 266 g/mol. The van der Waals surface area contributed by atoms with Gasteiger partial charge in [-0.1, -0.05) is 42.5 Å². The van der Waals surface area contributed by atoms with Crippen molar-refractivity contribution in [1.29, 1.82) is 0 Å². The van der Waals surface area contributed by atoms with Crippen molar-refractivity contribution < 1.29 is 0 Å². The molecule has 2 aliphatic carbocycles. The molecule has 0 aromatic heterocycles. The van der Waals surface area contributed by atoms with Crippen LogP contribution in [0.4, 0.5) is 0 Å². The zero-order valence-corrected chi connectivity index (χ0v) is 11.9. The SMILES string of the molecule is Cc1cc2c(c3c1=C=CC=CC=3)C=C=Cc1ccccc1-2. The van der Waals surface area contributed by atoms with Gasteiger partial charge in [-0.15, -0.1) is 11.5 Å². The summed E-state index contributed by atoms with van der Waals surface area (Å²) >= 11 is 0. The highest BCUT2D eigenvalue weighted by atomic mass is 14.1. The number of allylic oxidation sites excluding steroid dienone is 3. The zero-order chi connectivity index (χ0) is 14.2. The molecule has 2 aromatic rings. The van der Waals surface area contributed by atoms with E-state index in [1.807, 2.05) is 12.2 Å². The number of hydrogen-bond acceptors (Lipinski definition) is 0. The molecule has 2 aromatic carbocycles. The summed E-state index contributed by atoms with van der Waals surface area (Å²) < 4.78 is 0. The van der Waals surface area contributed by atoms with Crippen LogP contribution in [-0.4, -0.2) is 0 Å². The van der Waals surface area contributed by atoms with E-state index in [9.17, 15) is 0 Å². The third-order valence-corrected chi connectivity index (χ3v) is 4.02. The molecule has 2 aliphatic rings. The predicted octanol–water partition coefficient (Wildman–Crippen LogP) is 3.59. The van der Waals surface area contributed by atoms with Gasteiger partial charge in [0.1, 0.15) is 0 Å². The lowest BCUT2D eigenvalue weighted by Gasteiger charge is -2.11. The standard InChI is InChI=1S/C21H14/c1-15-14-21-18-11-6-5-8-16(18)9-7-13-20(21)19-12-4-2-3-10-17(15)19/h2-6,8-9,11-14H,1H3. The minimum Gasteiger partial charge on any atom is -0.120 e. The maximum absolute atomic E-state index is 3.39.